The van der Waals surface area contributed by atoms with Crippen LogP contribution in [-0.4, -0.2) is 21.3 Å². The highest BCUT2D eigenvalue weighted by atomic mass is 32.2. The lowest BCUT2D eigenvalue weighted by atomic mass is 9.97. The third-order valence-corrected chi connectivity index (χ3v) is 5.64. The van der Waals surface area contributed by atoms with E-state index < -0.39 is 11.2 Å². The van der Waals surface area contributed by atoms with Gasteiger partial charge in [-0.1, -0.05) is 60.7 Å². The van der Waals surface area contributed by atoms with Gasteiger partial charge in [-0.15, -0.1) is 11.8 Å². The number of carboxylic acids is 1. The first-order valence-electron chi connectivity index (χ1n) is 9.34. The van der Waals surface area contributed by atoms with E-state index in [9.17, 15) is 9.90 Å². The molecular formula is C24H23NO2S. The molecular weight excluding hydrogens is 366 g/mol. The van der Waals surface area contributed by atoms with E-state index in [0.717, 1.165) is 34.4 Å². The molecule has 0 saturated heterocycles. The average Bonchev–Trinajstić information content (AvgIpc) is 2.75. The second-order valence-corrected chi connectivity index (χ2v) is 7.69. The molecule has 1 atom stereocenters. The van der Waals surface area contributed by atoms with Crippen molar-refractivity contribution in [2.75, 3.05) is 0 Å². The van der Waals surface area contributed by atoms with Crippen molar-refractivity contribution in [2.24, 2.45) is 0 Å². The molecule has 0 radical (unpaired) electrons. The molecule has 4 heteroatoms. The van der Waals surface area contributed by atoms with Gasteiger partial charge >= 0.3 is 5.97 Å². The van der Waals surface area contributed by atoms with Gasteiger partial charge in [0.2, 0.25) is 0 Å². The van der Waals surface area contributed by atoms with Crippen LogP contribution in [0.5, 0.6) is 0 Å². The highest BCUT2D eigenvalue weighted by Crippen LogP contribution is 2.28. The number of pyridine rings is 1. The zero-order valence-corrected chi connectivity index (χ0v) is 16.4. The molecule has 0 spiro atoms. The summed E-state index contributed by atoms with van der Waals surface area (Å²) < 4.78 is 0. The van der Waals surface area contributed by atoms with Gasteiger partial charge in [0.1, 0.15) is 5.25 Å². The SMILES string of the molecule is O=C(O)C(CCC/C=C(\c1ccccc1)c1cccnc1)Sc1ccccc1. The van der Waals surface area contributed by atoms with Gasteiger partial charge in [0.25, 0.3) is 0 Å². The van der Waals surface area contributed by atoms with E-state index in [0.29, 0.717) is 6.42 Å². The molecule has 0 aliphatic carbocycles. The number of hydrogen-bond acceptors (Lipinski definition) is 3. The predicted octanol–water partition coefficient (Wildman–Crippen LogP) is 5.93. The van der Waals surface area contributed by atoms with Gasteiger partial charge in [0, 0.05) is 22.9 Å². The van der Waals surface area contributed by atoms with Crippen molar-refractivity contribution in [3.63, 3.8) is 0 Å². The zero-order valence-electron chi connectivity index (χ0n) is 15.6. The number of nitrogens with zero attached hydrogens (tertiary/aromatic N) is 1. The first-order valence-corrected chi connectivity index (χ1v) is 10.2. The minimum Gasteiger partial charge on any atom is -0.480 e. The second kappa shape index (κ2) is 10.5. The first kappa shape index (κ1) is 19.9. The molecule has 1 heterocycles. The van der Waals surface area contributed by atoms with E-state index in [4.69, 9.17) is 0 Å². The smallest absolute Gasteiger partial charge is 0.316 e. The predicted molar refractivity (Wildman–Crippen MR) is 115 cm³/mol. The maximum atomic E-state index is 11.6. The third kappa shape index (κ3) is 5.83. The Morgan fingerprint density at radius 3 is 2.29 bits per heavy atom. The van der Waals surface area contributed by atoms with Crippen LogP contribution in [0.25, 0.3) is 5.57 Å². The number of hydrogen-bond donors (Lipinski definition) is 1. The lowest BCUT2D eigenvalue weighted by Gasteiger charge is -2.12. The van der Waals surface area contributed by atoms with Crippen LogP contribution in [-0.2, 0) is 4.79 Å². The normalized spacial score (nSPS) is 12.5. The van der Waals surface area contributed by atoms with Crippen LogP contribution in [0, 0.1) is 0 Å². The number of thioether (sulfide) groups is 1. The van der Waals surface area contributed by atoms with E-state index in [1.165, 1.54) is 11.8 Å². The average molecular weight is 390 g/mol. The summed E-state index contributed by atoms with van der Waals surface area (Å²) in [5, 5.41) is 9.12. The van der Waals surface area contributed by atoms with Gasteiger partial charge < -0.3 is 5.11 Å². The number of rotatable bonds is 9. The fraction of sp³-hybridized carbons (Fsp3) is 0.167. The summed E-state index contributed by atoms with van der Waals surface area (Å²) in [6.07, 6.45) is 8.08. The summed E-state index contributed by atoms with van der Waals surface area (Å²) in [7, 11) is 0. The summed E-state index contributed by atoms with van der Waals surface area (Å²) in [6, 6.07) is 23.9. The fourth-order valence-electron chi connectivity index (χ4n) is 2.99. The van der Waals surface area contributed by atoms with Gasteiger partial charge in [-0.2, -0.15) is 0 Å². The molecule has 3 rings (SSSR count). The molecule has 28 heavy (non-hydrogen) atoms. The van der Waals surface area contributed by atoms with E-state index >= 15 is 0 Å². The largest absolute Gasteiger partial charge is 0.480 e. The number of allylic oxidation sites excluding steroid dienone is 1. The molecule has 2 aromatic carbocycles. The first-order chi connectivity index (χ1) is 13.7. The standard InChI is InChI=1S/C24H23NO2S/c26-24(27)23(28-21-13-5-2-6-14-21)16-8-7-15-22(19-10-3-1-4-11-19)20-12-9-17-25-18-20/h1-6,9-15,17-18,23H,7-8,16H2,(H,26,27)/b22-15+. The molecule has 0 amide bonds. The Labute approximate surface area is 170 Å². The summed E-state index contributed by atoms with van der Waals surface area (Å²) in [5.74, 6) is -0.756. The molecule has 0 bridgehead atoms. The number of carbonyl (C=O) groups is 1. The molecule has 0 aliphatic heterocycles. The van der Waals surface area contributed by atoms with Crippen LogP contribution in [0.2, 0.25) is 0 Å². The minimum atomic E-state index is -0.756. The fourth-order valence-corrected chi connectivity index (χ4v) is 4.02. The lowest BCUT2D eigenvalue weighted by molar-refractivity contribution is -0.136. The number of aromatic nitrogens is 1. The zero-order chi connectivity index (χ0) is 19.6. The molecule has 0 aliphatic rings. The molecule has 3 nitrogen and oxygen atoms in total. The quantitative estimate of drug-likeness (QED) is 0.364. The number of carboxylic acid groups (broad SMARTS) is 1. The highest BCUT2D eigenvalue weighted by molar-refractivity contribution is 8.00. The van der Waals surface area contributed by atoms with Crippen molar-refractivity contribution < 1.29 is 9.90 Å². The van der Waals surface area contributed by atoms with Crippen LogP contribution in [0.4, 0.5) is 0 Å². The molecule has 142 valence electrons. The Morgan fingerprint density at radius 2 is 1.64 bits per heavy atom. The maximum Gasteiger partial charge on any atom is 0.316 e. The van der Waals surface area contributed by atoms with Crippen molar-refractivity contribution in [3.8, 4) is 0 Å². The van der Waals surface area contributed by atoms with Crippen molar-refractivity contribution in [2.45, 2.75) is 29.4 Å². The van der Waals surface area contributed by atoms with E-state index in [-0.39, 0.29) is 0 Å². The van der Waals surface area contributed by atoms with Crippen molar-refractivity contribution in [3.05, 3.63) is 102 Å². The van der Waals surface area contributed by atoms with Crippen LogP contribution in [0.3, 0.4) is 0 Å². The van der Waals surface area contributed by atoms with Crippen LogP contribution in [0.15, 0.2) is 96.2 Å². The molecule has 1 N–H and O–H groups in total. The lowest BCUT2D eigenvalue weighted by Crippen LogP contribution is -2.15. The second-order valence-electron chi connectivity index (χ2n) is 6.41. The molecule has 1 unspecified atom stereocenters. The maximum absolute atomic E-state index is 11.6. The Balaban J connectivity index is 1.67. The minimum absolute atomic E-state index is 0.436. The van der Waals surface area contributed by atoms with Crippen LogP contribution in [0.1, 0.15) is 30.4 Å². The topological polar surface area (TPSA) is 50.2 Å². The number of aliphatic carboxylic acids is 1. The Kier molecular flexibility index (Phi) is 7.44. The van der Waals surface area contributed by atoms with Crippen molar-refractivity contribution in [1.82, 2.24) is 4.98 Å². The Morgan fingerprint density at radius 1 is 0.964 bits per heavy atom. The van der Waals surface area contributed by atoms with Gasteiger partial charge in [-0.25, -0.2) is 0 Å². The summed E-state index contributed by atoms with van der Waals surface area (Å²) in [5.41, 5.74) is 3.35. The molecule has 3 aromatic rings. The van der Waals surface area contributed by atoms with E-state index in [1.807, 2.05) is 60.8 Å². The van der Waals surface area contributed by atoms with Crippen molar-refractivity contribution >= 4 is 23.3 Å². The highest BCUT2D eigenvalue weighted by Gasteiger charge is 2.18. The molecule has 0 saturated carbocycles. The van der Waals surface area contributed by atoms with E-state index in [1.54, 1.807) is 6.20 Å². The summed E-state index contributed by atoms with van der Waals surface area (Å²) in [6.45, 7) is 0. The summed E-state index contributed by atoms with van der Waals surface area (Å²) in [4.78, 5) is 16.9. The van der Waals surface area contributed by atoms with Gasteiger partial charge in [-0.3, -0.25) is 9.78 Å². The third-order valence-electron chi connectivity index (χ3n) is 4.37. The van der Waals surface area contributed by atoms with Crippen molar-refractivity contribution in [1.29, 1.82) is 0 Å². The monoisotopic (exact) mass is 389 g/mol. The Hall–Kier alpha value is -2.85. The van der Waals surface area contributed by atoms with Gasteiger partial charge in [0.15, 0.2) is 0 Å². The molecule has 1 aromatic heterocycles. The Bertz CT molecular complexity index is 854. The van der Waals surface area contributed by atoms with E-state index in [2.05, 4.69) is 29.3 Å². The van der Waals surface area contributed by atoms with Gasteiger partial charge in [0.05, 0.1) is 0 Å². The van der Waals surface area contributed by atoms with Crippen LogP contribution >= 0.6 is 11.8 Å². The number of unbranched alkanes of at least 4 members (excludes halogenated alkanes) is 1. The van der Waals surface area contributed by atoms with Crippen LogP contribution < -0.4 is 0 Å². The molecule has 0 fully saturated rings. The van der Waals surface area contributed by atoms with Gasteiger partial charge in [-0.05, 0) is 48.6 Å². The summed E-state index contributed by atoms with van der Waals surface area (Å²) >= 11 is 1.42. The number of benzene rings is 2.